The minimum atomic E-state index is 0.312. The van der Waals surface area contributed by atoms with Crippen molar-refractivity contribution < 1.29 is 4.74 Å². The third-order valence-electron chi connectivity index (χ3n) is 1.38. The molecule has 0 spiro atoms. The molecule has 2 N–H and O–H groups in total. The lowest BCUT2D eigenvalue weighted by atomic mass is 10.8. The van der Waals surface area contributed by atoms with Gasteiger partial charge in [0.15, 0.2) is 0 Å². The molecule has 2 aliphatic rings. The Hall–Kier alpha value is -0.120. The maximum absolute atomic E-state index is 5.45. The second-order valence-corrected chi connectivity index (χ2v) is 2.05. The van der Waals surface area contributed by atoms with Gasteiger partial charge in [-0.15, -0.1) is 0 Å². The van der Waals surface area contributed by atoms with Crippen molar-refractivity contribution in [1.29, 1.82) is 0 Å². The van der Waals surface area contributed by atoms with E-state index in [9.17, 15) is 0 Å². The van der Waals surface area contributed by atoms with Crippen molar-refractivity contribution in [2.75, 3.05) is 13.2 Å². The Bertz CT molecular complexity index is 91.7. The zero-order valence-corrected chi connectivity index (χ0v) is 4.00. The van der Waals surface area contributed by atoms with Gasteiger partial charge in [0.2, 0.25) is 0 Å². The number of nitrogens with two attached hydrogens (primary N) is 1. The summed E-state index contributed by atoms with van der Waals surface area (Å²) in [5, 5.41) is 0. The number of hydrogen-bond acceptors (Lipinski definition) is 3. The van der Waals surface area contributed by atoms with E-state index in [-0.39, 0.29) is 0 Å². The maximum Gasteiger partial charge on any atom is 0.135 e. The molecule has 2 fully saturated rings. The smallest absolute Gasteiger partial charge is 0.135 e. The predicted molar refractivity (Wildman–Crippen MR) is 24.4 cm³/mol. The first-order valence-corrected chi connectivity index (χ1v) is 2.51. The highest BCUT2D eigenvalue weighted by atomic mass is 16.6. The Morgan fingerprint density at radius 1 is 1.71 bits per heavy atom. The Labute approximate surface area is 42.0 Å². The Morgan fingerprint density at radius 2 is 2.29 bits per heavy atom. The second kappa shape index (κ2) is 0.992. The summed E-state index contributed by atoms with van der Waals surface area (Å²) >= 11 is 0. The van der Waals surface area contributed by atoms with E-state index in [4.69, 9.17) is 10.5 Å². The summed E-state index contributed by atoms with van der Waals surface area (Å²) in [5.74, 6) is 0. The van der Waals surface area contributed by atoms with E-state index in [0.29, 0.717) is 12.4 Å². The van der Waals surface area contributed by atoms with Gasteiger partial charge in [0.1, 0.15) is 6.23 Å². The lowest BCUT2D eigenvalue weighted by molar-refractivity contribution is 0.297. The van der Waals surface area contributed by atoms with Crippen LogP contribution in [0.25, 0.3) is 0 Å². The van der Waals surface area contributed by atoms with Crippen molar-refractivity contribution in [3.05, 3.63) is 0 Å². The van der Waals surface area contributed by atoms with E-state index in [1.54, 1.807) is 0 Å². The monoisotopic (exact) mass is 100 g/mol. The highest BCUT2D eigenvalue weighted by Gasteiger charge is 2.43. The van der Waals surface area contributed by atoms with Crippen molar-refractivity contribution in [1.82, 2.24) is 4.90 Å². The van der Waals surface area contributed by atoms with E-state index in [0.717, 1.165) is 13.2 Å². The van der Waals surface area contributed by atoms with E-state index in [2.05, 4.69) is 4.90 Å². The largest absolute Gasteiger partial charge is 0.356 e. The van der Waals surface area contributed by atoms with E-state index < -0.39 is 0 Å². The molecular formula is C4H8N2O. The fourth-order valence-electron chi connectivity index (χ4n) is 0.734. The molecule has 0 aromatic heterocycles. The number of nitrogens with zero attached hydrogens (tertiary/aromatic N) is 1. The molecule has 2 heterocycles. The molecule has 0 bridgehead atoms. The van der Waals surface area contributed by atoms with Crippen LogP contribution >= 0.6 is 0 Å². The molecule has 0 radical (unpaired) electrons. The minimum absolute atomic E-state index is 0.312. The molecule has 7 heavy (non-hydrogen) atoms. The number of ether oxygens (including phenoxy) is 1. The second-order valence-electron chi connectivity index (χ2n) is 2.05. The topological polar surface area (TPSA) is 41.6 Å². The number of epoxide rings is 1. The maximum atomic E-state index is 5.45. The summed E-state index contributed by atoms with van der Waals surface area (Å²) in [6.45, 7) is 1.93. The van der Waals surface area contributed by atoms with Gasteiger partial charge in [-0.1, -0.05) is 0 Å². The third-order valence-corrected chi connectivity index (χ3v) is 1.38. The number of rotatable bonds is 1. The SMILES string of the molecule is NC1CN1C1CO1. The van der Waals surface area contributed by atoms with Gasteiger partial charge in [0.05, 0.1) is 12.8 Å². The highest BCUT2D eigenvalue weighted by molar-refractivity contribution is 4.90. The van der Waals surface area contributed by atoms with Crippen LogP contribution in [0.2, 0.25) is 0 Å². The van der Waals surface area contributed by atoms with Crippen molar-refractivity contribution in [2.45, 2.75) is 12.4 Å². The average molecular weight is 100 g/mol. The molecule has 0 amide bonds. The van der Waals surface area contributed by atoms with E-state index in [1.165, 1.54) is 0 Å². The summed E-state index contributed by atoms with van der Waals surface area (Å²) in [6, 6.07) is 0. The molecule has 2 aliphatic heterocycles. The molecule has 3 atom stereocenters. The van der Waals surface area contributed by atoms with Crippen LogP contribution < -0.4 is 5.73 Å². The van der Waals surface area contributed by atoms with Crippen molar-refractivity contribution in [3.8, 4) is 0 Å². The lowest BCUT2D eigenvalue weighted by Gasteiger charge is -1.87. The highest BCUT2D eigenvalue weighted by Crippen LogP contribution is 2.25. The lowest BCUT2D eigenvalue weighted by Crippen LogP contribution is -2.12. The third kappa shape index (κ3) is 0.534. The van der Waals surface area contributed by atoms with Gasteiger partial charge >= 0.3 is 0 Å². The molecular weight excluding hydrogens is 92.1 g/mol. The van der Waals surface area contributed by atoms with E-state index >= 15 is 0 Å². The average Bonchev–Trinajstić information content (AvgIpc) is 2.23. The fourth-order valence-corrected chi connectivity index (χ4v) is 0.734. The molecule has 2 rings (SSSR count). The van der Waals surface area contributed by atoms with Crippen LogP contribution in [-0.2, 0) is 4.74 Å². The van der Waals surface area contributed by atoms with Crippen LogP contribution in [0.5, 0.6) is 0 Å². The molecule has 3 unspecified atom stereocenters. The van der Waals surface area contributed by atoms with Crippen LogP contribution in [-0.4, -0.2) is 30.4 Å². The molecule has 0 aromatic carbocycles. The summed E-state index contributed by atoms with van der Waals surface area (Å²) in [7, 11) is 0. The predicted octanol–water partition coefficient (Wildman–Crippen LogP) is -1.06. The first-order valence-electron chi connectivity index (χ1n) is 2.51. The van der Waals surface area contributed by atoms with Crippen molar-refractivity contribution in [2.24, 2.45) is 5.73 Å². The summed E-state index contributed by atoms with van der Waals surface area (Å²) in [6.07, 6.45) is 0.711. The molecule has 40 valence electrons. The molecule has 3 nitrogen and oxygen atoms in total. The van der Waals surface area contributed by atoms with E-state index in [1.807, 2.05) is 0 Å². The molecule has 0 aliphatic carbocycles. The first kappa shape index (κ1) is 3.83. The Balaban J connectivity index is 1.88. The quantitative estimate of drug-likeness (QED) is 0.427. The minimum Gasteiger partial charge on any atom is -0.356 e. The fraction of sp³-hybridized carbons (Fsp3) is 1.00. The summed E-state index contributed by atoms with van der Waals surface area (Å²) in [4.78, 5) is 2.12. The van der Waals surface area contributed by atoms with Gasteiger partial charge in [-0.25, -0.2) is 0 Å². The van der Waals surface area contributed by atoms with Crippen LogP contribution in [0.4, 0.5) is 0 Å². The normalized spacial score (nSPS) is 57.0. The zero-order valence-electron chi connectivity index (χ0n) is 4.00. The molecule has 2 saturated heterocycles. The summed E-state index contributed by atoms with van der Waals surface area (Å²) < 4.78 is 4.95. The van der Waals surface area contributed by atoms with Crippen LogP contribution in [0.3, 0.4) is 0 Å². The standard InChI is InChI=1S/C4H8N2O/c5-3-1-6(3)4-2-7-4/h3-4H,1-2,5H2. The molecule has 3 heteroatoms. The van der Waals surface area contributed by atoms with Crippen LogP contribution in [0.1, 0.15) is 0 Å². The van der Waals surface area contributed by atoms with Crippen molar-refractivity contribution >= 4 is 0 Å². The Morgan fingerprint density at radius 3 is 2.43 bits per heavy atom. The van der Waals surface area contributed by atoms with Crippen LogP contribution in [0, 0.1) is 0 Å². The molecule has 0 aromatic rings. The van der Waals surface area contributed by atoms with Gasteiger partial charge < -0.3 is 10.5 Å². The van der Waals surface area contributed by atoms with Gasteiger partial charge in [-0.2, -0.15) is 0 Å². The zero-order chi connectivity index (χ0) is 4.85. The van der Waals surface area contributed by atoms with Crippen LogP contribution in [0.15, 0.2) is 0 Å². The van der Waals surface area contributed by atoms with Gasteiger partial charge in [0, 0.05) is 6.54 Å². The molecule has 0 saturated carbocycles. The summed E-state index contributed by atoms with van der Waals surface area (Å²) in [5.41, 5.74) is 5.45. The van der Waals surface area contributed by atoms with Crippen molar-refractivity contribution in [3.63, 3.8) is 0 Å². The van der Waals surface area contributed by atoms with Gasteiger partial charge in [-0.05, 0) is 0 Å². The number of hydrogen-bond donors (Lipinski definition) is 1. The van der Waals surface area contributed by atoms with Gasteiger partial charge in [-0.3, -0.25) is 4.90 Å². The Kier molecular flexibility index (Phi) is 0.543. The van der Waals surface area contributed by atoms with Gasteiger partial charge in [0.25, 0.3) is 0 Å². The first-order chi connectivity index (χ1) is 3.38.